The van der Waals surface area contributed by atoms with Crippen LogP contribution < -0.4 is 0 Å². The second kappa shape index (κ2) is 5.52. The Morgan fingerprint density at radius 1 is 1.08 bits per heavy atom. The molecule has 3 heterocycles. The van der Waals surface area contributed by atoms with Crippen molar-refractivity contribution in [1.29, 1.82) is 0 Å². The molecular formula is C19H20O6. The van der Waals surface area contributed by atoms with Crippen molar-refractivity contribution in [2.24, 2.45) is 0 Å². The molecule has 2 bridgehead atoms. The van der Waals surface area contributed by atoms with Crippen LogP contribution >= 0.6 is 0 Å². The lowest BCUT2D eigenvalue weighted by atomic mass is 9.80. The van der Waals surface area contributed by atoms with Gasteiger partial charge in [0.15, 0.2) is 11.5 Å². The van der Waals surface area contributed by atoms with Gasteiger partial charge in [0, 0.05) is 6.61 Å². The first kappa shape index (κ1) is 16.0. The van der Waals surface area contributed by atoms with Crippen molar-refractivity contribution in [3.8, 4) is 0 Å². The molecule has 5 rings (SSSR count). The third kappa shape index (κ3) is 1.97. The monoisotopic (exact) mass is 344 g/mol. The Labute approximate surface area is 145 Å². The van der Waals surface area contributed by atoms with Gasteiger partial charge in [0.1, 0.15) is 0 Å². The average Bonchev–Trinajstić information content (AvgIpc) is 3.22. The van der Waals surface area contributed by atoms with Crippen molar-refractivity contribution in [2.75, 3.05) is 13.2 Å². The summed E-state index contributed by atoms with van der Waals surface area (Å²) in [5.41, 5.74) is -0.401. The predicted molar refractivity (Wildman–Crippen MR) is 88.1 cm³/mol. The highest BCUT2D eigenvalue weighted by Gasteiger charge is 2.81. The van der Waals surface area contributed by atoms with Crippen molar-refractivity contribution in [3.63, 3.8) is 0 Å². The van der Waals surface area contributed by atoms with Gasteiger partial charge in [-0.05, 0) is 18.4 Å². The zero-order valence-corrected chi connectivity index (χ0v) is 14.2. The van der Waals surface area contributed by atoms with Crippen molar-refractivity contribution >= 4 is 11.5 Å². The Kier molecular flexibility index (Phi) is 3.54. The number of ether oxygens (including phenoxy) is 4. The summed E-state index contributed by atoms with van der Waals surface area (Å²) in [6.45, 7) is 4.54. The van der Waals surface area contributed by atoms with Crippen LogP contribution in [0.25, 0.3) is 5.57 Å². The normalized spacial score (nSPS) is 28.6. The van der Waals surface area contributed by atoms with Crippen LogP contribution in [-0.4, -0.2) is 35.7 Å². The van der Waals surface area contributed by atoms with Gasteiger partial charge < -0.3 is 24.1 Å². The minimum absolute atomic E-state index is 0.208. The number of benzene rings is 1. The van der Waals surface area contributed by atoms with Gasteiger partial charge >= 0.3 is 11.8 Å². The summed E-state index contributed by atoms with van der Waals surface area (Å²) >= 11 is 0. The van der Waals surface area contributed by atoms with Crippen LogP contribution in [0.4, 0.5) is 0 Å². The van der Waals surface area contributed by atoms with Gasteiger partial charge in [0.2, 0.25) is 5.76 Å². The lowest BCUT2D eigenvalue weighted by molar-refractivity contribution is -0.173. The molecule has 2 unspecified atom stereocenters. The fraction of sp³-hybridized carbons (Fsp3) is 0.421. The van der Waals surface area contributed by atoms with Gasteiger partial charge in [-0.1, -0.05) is 44.2 Å². The molecule has 6 nitrogen and oxygen atoms in total. The first-order chi connectivity index (χ1) is 12.1. The minimum atomic E-state index is -1.79. The summed E-state index contributed by atoms with van der Waals surface area (Å²) in [5.74, 6) is -1.14. The summed E-state index contributed by atoms with van der Waals surface area (Å²) in [4.78, 5) is 12.3. The average molecular weight is 344 g/mol. The van der Waals surface area contributed by atoms with E-state index in [-0.39, 0.29) is 18.1 Å². The molecule has 1 saturated heterocycles. The molecule has 6 heteroatoms. The number of fused-ring (bicyclic) bond motifs is 1. The molecule has 0 amide bonds. The van der Waals surface area contributed by atoms with Crippen LogP contribution in [0.5, 0.6) is 0 Å². The van der Waals surface area contributed by atoms with E-state index in [0.29, 0.717) is 24.4 Å². The molecule has 2 atom stereocenters. The number of aliphatic carboxylic acids is 1. The van der Waals surface area contributed by atoms with Crippen molar-refractivity contribution in [3.05, 3.63) is 53.2 Å². The Morgan fingerprint density at radius 2 is 1.76 bits per heavy atom. The molecule has 0 saturated carbocycles. The third-order valence-electron chi connectivity index (χ3n) is 4.49. The number of hydrogen-bond donors (Lipinski definition) is 1. The van der Waals surface area contributed by atoms with Crippen molar-refractivity contribution in [1.82, 2.24) is 0 Å². The molecule has 4 aliphatic rings. The van der Waals surface area contributed by atoms with Gasteiger partial charge in [0.05, 0.1) is 12.2 Å². The summed E-state index contributed by atoms with van der Waals surface area (Å²) in [6.07, 6.45) is 1.42. The van der Waals surface area contributed by atoms with E-state index < -0.39 is 17.4 Å². The van der Waals surface area contributed by atoms with Crippen molar-refractivity contribution < 1.29 is 28.8 Å². The summed E-state index contributed by atoms with van der Waals surface area (Å²) < 4.78 is 23.3. The second-order valence-electron chi connectivity index (χ2n) is 6.23. The van der Waals surface area contributed by atoms with Crippen molar-refractivity contribution in [2.45, 2.75) is 38.1 Å². The van der Waals surface area contributed by atoms with Crippen LogP contribution in [0.1, 0.15) is 32.3 Å². The molecule has 1 aromatic rings. The highest BCUT2D eigenvalue weighted by Crippen LogP contribution is 2.70. The number of carboxylic acid groups (broad SMARTS) is 1. The number of carbonyl (C=O) groups is 1. The van der Waals surface area contributed by atoms with E-state index in [0.717, 1.165) is 12.0 Å². The van der Waals surface area contributed by atoms with Crippen LogP contribution in [0.2, 0.25) is 0 Å². The third-order valence-corrected chi connectivity index (χ3v) is 4.49. The SMILES string of the molecule is CCCOC1=C(c2ccccc2)C23OC2=C(O3)C1(OCCC)C(=O)O. The Morgan fingerprint density at radius 3 is 2.36 bits per heavy atom. The lowest BCUT2D eigenvalue weighted by Crippen LogP contribution is -2.55. The summed E-state index contributed by atoms with van der Waals surface area (Å²) in [5, 5.41) is 10.1. The Balaban J connectivity index is 1.92. The van der Waals surface area contributed by atoms with Gasteiger partial charge in [-0.25, -0.2) is 4.79 Å². The Bertz CT molecular complexity index is 780. The fourth-order valence-electron chi connectivity index (χ4n) is 3.35. The molecular weight excluding hydrogens is 324 g/mol. The van der Waals surface area contributed by atoms with E-state index in [4.69, 9.17) is 18.9 Å². The largest absolute Gasteiger partial charge is 0.493 e. The van der Waals surface area contributed by atoms with E-state index in [1.165, 1.54) is 0 Å². The highest BCUT2D eigenvalue weighted by molar-refractivity contribution is 5.97. The van der Waals surface area contributed by atoms with Gasteiger partial charge in [-0.3, -0.25) is 0 Å². The zero-order chi connectivity index (χ0) is 17.7. The first-order valence-corrected chi connectivity index (χ1v) is 8.55. The minimum Gasteiger partial charge on any atom is -0.493 e. The molecule has 1 fully saturated rings. The highest BCUT2D eigenvalue weighted by atomic mass is 16.8. The van der Waals surface area contributed by atoms with E-state index >= 15 is 0 Å². The van der Waals surface area contributed by atoms with E-state index in [1.807, 2.05) is 44.2 Å². The summed E-state index contributed by atoms with van der Waals surface area (Å²) in [6, 6.07) is 9.43. The maximum atomic E-state index is 12.3. The molecule has 1 aliphatic carbocycles. The van der Waals surface area contributed by atoms with Crippen LogP contribution in [0.15, 0.2) is 47.6 Å². The van der Waals surface area contributed by atoms with Crippen LogP contribution in [0, 0.1) is 0 Å². The molecule has 1 N–H and O–H groups in total. The number of epoxide rings is 1. The molecule has 25 heavy (non-hydrogen) atoms. The maximum absolute atomic E-state index is 12.3. The smallest absolute Gasteiger partial charge is 0.352 e. The van der Waals surface area contributed by atoms with E-state index in [1.54, 1.807) is 0 Å². The molecule has 3 aliphatic heterocycles. The van der Waals surface area contributed by atoms with Crippen LogP contribution in [0.3, 0.4) is 0 Å². The molecule has 1 spiro atoms. The van der Waals surface area contributed by atoms with Crippen LogP contribution in [-0.2, 0) is 23.7 Å². The number of carboxylic acids is 1. The standard InChI is InChI=1S/C19H20O6/c1-3-10-22-14-13(12-8-6-5-7-9-12)19-16(25-19)15(24-19)18(14,17(20)21)23-11-4-2/h5-9H,3-4,10-11H2,1-2H3,(H,20,21). The zero-order valence-electron chi connectivity index (χ0n) is 14.2. The number of rotatable bonds is 8. The molecule has 0 radical (unpaired) electrons. The van der Waals surface area contributed by atoms with Gasteiger partial charge in [-0.15, -0.1) is 0 Å². The summed E-state index contributed by atoms with van der Waals surface area (Å²) in [7, 11) is 0. The van der Waals surface area contributed by atoms with Gasteiger partial charge in [-0.2, -0.15) is 0 Å². The molecule has 1 aromatic carbocycles. The lowest BCUT2D eigenvalue weighted by Gasteiger charge is -2.42. The number of hydrogen-bond acceptors (Lipinski definition) is 5. The molecule has 132 valence electrons. The fourth-order valence-corrected chi connectivity index (χ4v) is 3.35. The van der Waals surface area contributed by atoms with Gasteiger partial charge in [0.25, 0.3) is 5.60 Å². The molecule has 0 aromatic heterocycles. The maximum Gasteiger partial charge on any atom is 0.352 e. The first-order valence-electron chi connectivity index (χ1n) is 8.55. The van der Waals surface area contributed by atoms with E-state index in [2.05, 4.69) is 0 Å². The van der Waals surface area contributed by atoms with E-state index in [9.17, 15) is 9.90 Å². The quantitative estimate of drug-likeness (QED) is 0.730. The Hall–Kier alpha value is -2.47. The predicted octanol–water partition coefficient (Wildman–Crippen LogP) is 3.06. The topological polar surface area (TPSA) is 77.5 Å². The second-order valence-corrected chi connectivity index (χ2v) is 6.23.